The molecule has 0 radical (unpaired) electrons. The summed E-state index contributed by atoms with van der Waals surface area (Å²) in [4.78, 5) is 40.9. The van der Waals surface area contributed by atoms with Crippen molar-refractivity contribution in [3.63, 3.8) is 0 Å². The van der Waals surface area contributed by atoms with E-state index in [1.54, 1.807) is 58.3 Å². The summed E-state index contributed by atoms with van der Waals surface area (Å²) in [5.74, 6) is -1.03. The molecule has 1 aliphatic heterocycles. The minimum Gasteiger partial charge on any atom is -0.343 e. The van der Waals surface area contributed by atoms with Crippen molar-refractivity contribution >= 4 is 17.7 Å². The zero-order valence-electron chi connectivity index (χ0n) is 21.8. The van der Waals surface area contributed by atoms with Crippen LogP contribution >= 0.6 is 0 Å². The second-order valence-corrected chi connectivity index (χ2v) is 9.71. The summed E-state index contributed by atoms with van der Waals surface area (Å²) in [5, 5.41) is 2.65. The Bertz CT molecular complexity index is 1200. The number of carbonyl (C=O) groups is 3. The van der Waals surface area contributed by atoms with Gasteiger partial charge in [-0.15, -0.1) is 0 Å². The van der Waals surface area contributed by atoms with E-state index in [2.05, 4.69) is 5.32 Å². The molecule has 0 aliphatic carbocycles. The second-order valence-electron chi connectivity index (χ2n) is 9.71. The molecule has 0 spiro atoms. The first-order chi connectivity index (χ1) is 18.9. The van der Waals surface area contributed by atoms with Crippen LogP contribution in [0.15, 0.2) is 78.9 Å². The Labute approximate surface area is 227 Å². The first-order valence-corrected chi connectivity index (χ1v) is 13.3. The van der Waals surface area contributed by atoms with Gasteiger partial charge in [-0.2, -0.15) is 0 Å². The highest BCUT2D eigenvalue weighted by atomic mass is 19.1. The maximum absolute atomic E-state index is 13.5. The van der Waals surface area contributed by atoms with Gasteiger partial charge >= 0.3 is 0 Å². The monoisotopic (exact) mass is 533 g/mol. The van der Waals surface area contributed by atoms with Gasteiger partial charge in [-0.05, 0) is 60.4 Å². The van der Waals surface area contributed by atoms with Crippen molar-refractivity contribution in [1.82, 2.24) is 15.1 Å². The summed E-state index contributed by atoms with van der Waals surface area (Å²) >= 11 is 0. The van der Waals surface area contributed by atoms with Gasteiger partial charge in [0.1, 0.15) is 11.6 Å². The first kappa shape index (κ1) is 28.0. The number of carbonyl (C=O) groups excluding carboxylic acids is 3. The van der Waals surface area contributed by atoms with Crippen LogP contribution in [0.1, 0.15) is 53.1 Å². The van der Waals surface area contributed by atoms with E-state index in [0.717, 1.165) is 24.0 Å². The predicted molar refractivity (Wildman–Crippen MR) is 145 cm³/mol. The van der Waals surface area contributed by atoms with E-state index < -0.39 is 0 Å². The van der Waals surface area contributed by atoms with Crippen molar-refractivity contribution in [3.05, 3.63) is 107 Å². The lowest BCUT2D eigenvalue weighted by molar-refractivity contribution is -0.139. The molecule has 1 heterocycles. The van der Waals surface area contributed by atoms with E-state index in [9.17, 15) is 23.2 Å². The Hall–Kier alpha value is -4.07. The zero-order valence-corrected chi connectivity index (χ0v) is 21.8. The number of benzene rings is 3. The molecule has 39 heavy (non-hydrogen) atoms. The van der Waals surface area contributed by atoms with Gasteiger partial charge < -0.3 is 15.1 Å². The highest BCUT2D eigenvalue weighted by Crippen LogP contribution is 2.30. The molecule has 204 valence electrons. The number of nitrogens with one attached hydrogen (secondary N) is 1. The number of rotatable bonds is 10. The van der Waals surface area contributed by atoms with Crippen LogP contribution in [0.4, 0.5) is 8.78 Å². The third-order valence-corrected chi connectivity index (χ3v) is 7.10. The van der Waals surface area contributed by atoms with E-state index in [4.69, 9.17) is 0 Å². The molecule has 3 amide bonds. The molecule has 1 saturated heterocycles. The summed E-state index contributed by atoms with van der Waals surface area (Å²) in [7, 11) is 0. The number of unbranched alkanes of at least 4 members (excludes halogenated alkanes) is 1. The normalized spacial score (nSPS) is 13.4. The minimum absolute atomic E-state index is 0.0155. The van der Waals surface area contributed by atoms with Crippen molar-refractivity contribution < 1.29 is 23.2 Å². The molecule has 4 rings (SSSR count). The Morgan fingerprint density at radius 3 is 1.74 bits per heavy atom. The number of amides is 3. The van der Waals surface area contributed by atoms with E-state index in [1.165, 1.54) is 24.3 Å². The number of piperazine rings is 1. The molecule has 8 heteroatoms. The van der Waals surface area contributed by atoms with Gasteiger partial charge in [0.25, 0.3) is 5.91 Å². The van der Waals surface area contributed by atoms with Crippen molar-refractivity contribution in [2.24, 2.45) is 0 Å². The van der Waals surface area contributed by atoms with Crippen LogP contribution < -0.4 is 5.32 Å². The van der Waals surface area contributed by atoms with Gasteiger partial charge in [-0.25, -0.2) is 8.78 Å². The van der Waals surface area contributed by atoms with Crippen LogP contribution in [-0.4, -0.2) is 60.2 Å². The fourth-order valence-electron chi connectivity index (χ4n) is 4.86. The van der Waals surface area contributed by atoms with Crippen molar-refractivity contribution in [1.29, 1.82) is 0 Å². The summed E-state index contributed by atoms with van der Waals surface area (Å²) in [6, 6.07) is 21.5. The van der Waals surface area contributed by atoms with Gasteiger partial charge in [0.15, 0.2) is 0 Å². The molecule has 3 aromatic rings. The van der Waals surface area contributed by atoms with Crippen LogP contribution in [0.5, 0.6) is 0 Å². The van der Waals surface area contributed by atoms with E-state index in [1.807, 2.05) is 6.07 Å². The van der Waals surface area contributed by atoms with Gasteiger partial charge in [0.2, 0.25) is 11.8 Å². The zero-order chi connectivity index (χ0) is 27.6. The summed E-state index contributed by atoms with van der Waals surface area (Å²) in [5.41, 5.74) is 2.41. The van der Waals surface area contributed by atoms with Gasteiger partial charge in [0, 0.05) is 44.1 Å². The molecule has 0 saturated carbocycles. The highest BCUT2D eigenvalue weighted by molar-refractivity contribution is 5.96. The van der Waals surface area contributed by atoms with Gasteiger partial charge in [-0.3, -0.25) is 14.4 Å². The Kier molecular flexibility index (Phi) is 9.78. The molecule has 0 aromatic heterocycles. The van der Waals surface area contributed by atoms with E-state index in [-0.39, 0.29) is 41.8 Å². The predicted octanol–water partition coefficient (Wildman–Crippen LogP) is 4.76. The molecule has 0 atom stereocenters. The smallest absolute Gasteiger partial charge is 0.251 e. The Balaban J connectivity index is 1.20. The lowest BCUT2D eigenvalue weighted by Crippen LogP contribution is -2.52. The number of hydrogen-bond acceptors (Lipinski definition) is 3. The Morgan fingerprint density at radius 2 is 1.21 bits per heavy atom. The lowest BCUT2D eigenvalue weighted by atomic mass is 9.87. The van der Waals surface area contributed by atoms with Crippen LogP contribution in [0.3, 0.4) is 0 Å². The largest absolute Gasteiger partial charge is 0.343 e. The first-order valence-electron chi connectivity index (χ1n) is 13.3. The summed E-state index contributed by atoms with van der Waals surface area (Å²) in [6.45, 7) is 1.72. The average molecular weight is 534 g/mol. The third kappa shape index (κ3) is 7.96. The maximum Gasteiger partial charge on any atom is 0.251 e. The molecular formula is C31H33F2N3O3. The highest BCUT2D eigenvalue weighted by Gasteiger charge is 2.24. The fourth-order valence-corrected chi connectivity index (χ4v) is 4.86. The van der Waals surface area contributed by atoms with Crippen molar-refractivity contribution in [2.45, 2.75) is 31.6 Å². The molecule has 3 aromatic carbocycles. The van der Waals surface area contributed by atoms with Gasteiger partial charge in [0.05, 0.1) is 6.54 Å². The Morgan fingerprint density at radius 1 is 0.692 bits per heavy atom. The van der Waals surface area contributed by atoms with Gasteiger partial charge in [-0.1, -0.05) is 48.9 Å². The topological polar surface area (TPSA) is 69.7 Å². The molecule has 6 nitrogen and oxygen atoms in total. The summed E-state index contributed by atoms with van der Waals surface area (Å²) in [6.07, 6.45) is 2.63. The van der Waals surface area contributed by atoms with Crippen LogP contribution in [0.2, 0.25) is 0 Å². The lowest BCUT2D eigenvalue weighted by Gasteiger charge is -2.35. The SMILES string of the molecule is O=C(NCC(=O)N1CCN(C(=O)CCCCC(c2ccc(F)cc2)c2ccc(F)cc2)CC1)c1ccccc1. The number of hydrogen-bond donors (Lipinski definition) is 1. The molecule has 1 N–H and O–H groups in total. The van der Waals surface area contributed by atoms with Crippen LogP contribution in [0, 0.1) is 11.6 Å². The molecule has 1 aliphatic rings. The maximum atomic E-state index is 13.5. The number of nitrogens with zero attached hydrogens (tertiary/aromatic N) is 2. The average Bonchev–Trinajstić information content (AvgIpc) is 2.97. The standard InChI is InChI=1S/C31H33F2N3O3/c32-26-14-10-23(11-15-26)28(24-12-16-27(33)17-13-24)8-4-5-9-29(37)35-18-20-36(21-19-35)30(38)22-34-31(39)25-6-2-1-3-7-25/h1-3,6-7,10-17,28H,4-5,8-9,18-22H2,(H,34,39). The molecular weight excluding hydrogens is 500 g/mol. The number of halogens is 2. The fraction of sp³-hybridized carbons (Fsp3) is 0.323. The second kappa shape index (κ2) is 13.6. The molecule has 1 fully saturated rings. The van der Waals surface area contributed by atoms with E-state index in [0.29, 0.717) is 44.6 Å². The third-order valence-electron chi connectivity index (χ3n) is 7.10. The summed E-state index contributed by atoms with van der Waals surface area (Å²) < 4.78 is 26.9. The van der Waals surface area contributed by atoms with Crippen molar-refractivity contribution in [2.75, 3.05) is 32.7 Å². The van der Waals surface area contributed by atoms with E-state index >= 15 is 0 Å². The van der Waals surface area contributed by atoms with Crippen LogP contribution in [-0.2, 0) is 9.59 Å². The van der Waals surface area contributed by atoms with Crippen molar-refractivity contribution in [3.8, 4) is 0 Å². The minimum atomic E-state index is -0.305. The van der Waals surface area contributed by atoms with Crippen LogP contribution in [0.25, 0.3) is 0 Å². The molecule has 0 unspecified atom stereocenters. The molecule has 0 bridgehead atoms. The quantitative estimate of drug-likeness (QED) is 0.382.